The summed E-state index contributed by atoms with van der Waals surface area (Å²) in [5, 5.41) is 0. The average Bonchev–Trinajstić information content (AvgIpc) is 2.85. The number of rotatable bonds is 6. The molecule has 1 rings (SSSR count). The minimum atomic E-state index is -0.418. The number of methoxy groups -OCH3 is 1. The maximum absolute atomic E-state index is 12.3. The summed E-state index contributed by atoms with van der Waals surface area (Å²) in [6.45, 7) is 4.35. The van der Waals surface area contributed by atoms with Gasteiger partial charge in [-0.2, -0.15) is 0 Å². The number of hydrogen-bond acceptors (Lipinski definition) is 4. The Kier molecular flexibility index (Phi) is 5.42. The molecule has 0 bridgehead atoms. The Morgan fingerprint density at radius 1 is 1.39 bits per heavy atom. The standard InChI is InChI=1S/C13H19NO4/c1-4-7-14(9-12(15)17-3)13(16)10-6-8-18-11(10)5-2/h6,8H,4-5,7,9H2,1-3H3. The molecule has 0 aromatic carbocycles. The molecule has 5 nitrogen and oxygen atoms in total. The van der Waals surface area contributed by atoms with E-state index < -0.39 is 5.97 Å². The number of carbonyl (C=O) groups is 2. The molecule has 0 saturated heterocycles. The molecular formula is C13H19NO4. The monoisotopic (exact) mass is 253 g/mol. The fourth-order valence-electron chi connectivity index (χ4n) is 1.72. The third-order valence-electron chi connectivity index (χ3n) is 2.63. The summed E-state index contributed by atoms with van der Waals surface area (Å²) in [6, 6.07) is 1.64. The lowest BCUT2D eigenvalue weighted by Crippen LogP contribution is -2.37. The van der Waals surface area contributed by atoms with E-state index in [0.29, 0.717) is 24.3 Å². The van der Waals surface area contributed by atoms with E-state index in [4.69, 9.17) is 4.42 Å². The summed E-state index contributed by atoms with van der Waals surface area (Å²) >= 11 is 0. The molecule has 1 heterocycles. The highest BCUT2D eigenvalue weighted by Gasteiger charge is 2.22. The molecule has 5 heteroatoms. The maximum atomic E-state index is 12.3. The molecule has 0 aliphatic carbocycles. The molecule has 100 valence electrons. The van der Waals surface area contributed by atoms with E-state index in [2.05, 4.69) is 4.74 Å². The van der Waals surface area contributed by atoms with Gasteiger partial charge in [-0.15, -0.1) is 0 Å². The van der Waals surface area contributed by atoms with Crippen molar-refractivity contribution < 1.29 is 18.7 Å². The first-order valence-corrected chi connectivity index (χ1v) is 6.06. The number of carbonyl (C=O) groups excluding carboxylic acids is 2. The Hall–Kier alpha value is -1.78. The minimum Gasteiger partial charge on any atom is -0.469 e. The van der Waals surface area contributed by atoms with Crippen molar-refractivity contribution in [1.82, 2.24) is 4.90 Å². The summed E-state index contributed by atoms with van der Waals surface area (Å²) in [5.74, 6) is 0.0390. The van der Waals surface area contributed by atoms with Crippen LogP contribution in [0.4, 0.5) is 0 Å². The van der Waals surface area contributed by atoms with Crippen molar-refractivity contribution in [1.29, 1.82) is 0 Å². The zero-order valence-corrected chi connectivity index (χ0v) is 11.1. The van der Waals surface area contributed by atoms with Crippen molar-refractivity contribution in [3.63, 3.8) is 0 Å². The SMILES string of the molecule is CCCN(CC(=O)OC)C(=O)c1ccoc1CC. The van der Waals surface area contributed by atoms with Crippen molar-refractivity contribution in [3.8, 4) is 0 Å². The lowest BCUT2D eigenvalue weighted by atomic mass is 10.2. The molecule has 0 fully saturated rings. The van der Waals surface area contributed by atoms with Gasteiger partial charge in [0.05, 0.1) is 18.9 Å². The molecule has 1 amide bonds. The van der Waals surface area contributed by atoms with E-state index in [1.165, 1.54) is 18.3 Å². The van der Waals surface area contributed by atoms with Crippen LogP contribution in [-0.4, -0.2) is 37.0 Å². The molecule has 0 N–H and O–H groups in total. The number of ether oxygens (including phenoxy) is 1. The largest absolute Gasteiger partial charge is 0.469 e. The van der Waals surface area contributed by atoms with Crippen LogP contribution in [-0.2, 0) is 16.0 Å². The van der Waals surface area contributed by atoms with E-state index >= 15 is 0 Å². The van der Waals surface area contributed by atoms with Gasteiger partial charge < -0.3 is 14.1 Å². The van der Waals surface area contributed by atoms with Gasteiger partial charge in [-0.05, 0) is 12.5 Å². The van der Waals surface area contributed by atoms with Crippen LogP contribution in [0.25, 0.3) is 0 Å². The molecule has 0 aliphatic rings. The molecule has 0 atom stereocenters. The molecule has 1 aromatic heterocycles. The zero-order valence-electron chi connectivity index (χ0n) is 11.1. The summed E-state index contributed by atoms with van der Waals surface area (Å²) in [6.07, 6.45) is 2.92. The first kappa shape index (κ1) is 14.3. The predicted molar refractivity (Wildman–Crippen MR) is 66.3 cm³/mol. The van der Waals surface area contributed by atoms with E-state index in [1.807, 2.05) is 13.8 Å². The van der Waals surface area contributed by atoms with Crippen LogP contribution >= 0.6 is 0 Å². The van der Waals surface area contributed by atoms with E-state index in [-0.39, 0.29) is 12.5 Å². The topological polar surface area (TPSA) is 59.8 Å². The van der Waals surface area contributed by atoms with Crippen LogP contribution in [0.15, 0.2) is 16.7 Å². The van der Waals surface area contributed by atoms with Crippen molar-refractivity contribution in [3.05, 3.63) is 23.7 Å². The van der Waals surface area contributed by atoms with Crippen molar-refractivity contribution >= 4 is 11.9 Å². The fourth-order valence-corrected chi connectivity index (χ4v) is 1.72. The third-order valence-corrected chi connectivity index (χ3v) is 2.63. The van der Waals surface area contributed by atoms with E-state index in [9.17, 15) is 9.59 Å². The van der Waals surface area contributed by atoms with Gasteiger partial charge >= 0.3 is 5.97 Å². The van der Waals surface area contributed by atoms with Crippen LogP contribution < -0.4 is 0 Å². The quantitative estimate of drug-likeness (QED) is 0.726. The number of furan rings is 1. The van der Waals surface area contributed by atoms with E-state index in [1.54, 1.807) is 6.07 Å². The van der Waals surface area contributed by atoms with Crippen LogP contribution in [0.5, 0.6) is 0 Å². The van der Waals surface area contributed by atoms with Crippen LogP contribution in [0.3, 0.4) is 0 Å². The highest BCUT2D eigenvalue weighted by molar-refractivity contribution is 5.96. The van der Waals surface area contributed by atoms with Gasteiger partial charge in [0.2, 0.25) is 0 Å². The predicted octanol–water partition coefficient (Wildman–Crippen LogP) is 1.87. The molecule has 1 aromatic rings. The zero-order chi connectivity index (χ0) is 13.5. The minimum absolute atomic E-state index is 0.0303. The van der Waals surface area contributed by atoms with Crippen molar-refractivity contribution in [2.75, 3.05) is 20.2 Å². The highest BCUT2D eigenvalue weighted by atomic mass is 16.5. The number of aryl methyl sites for hydroxylation is 1. The summed E-state index contributed by atoms with van der Waals surface area (Å²) in [7, 11) is 1.31. The van der Waals surface area contributed by atoms with Gasteiger partial charge in [0.1, 0.15) is 12.3 Å². The van der Waals surface area contributed by atoms with Crippen LogP contribution in [0.2, 0.25) is 0 Å². The maximum Gasteiger partial charge on any atom is 0.325 e. The van der Waals surface area contributed by atoms with Crippen molar-refractivity contribution in [2.24, 2.45) is 0 Å². The Morgan fingerprint density at radius 3 is 2.67 bits per heavy atom. The highest BCUT2D eigenvalue weighted by Crippen LogP contribution is 2.14. The van der Waals surface area contributed by atoms with Gasteiger partial charge in [-0.3, -0.25) is 9.59 Å². The lowest BCUT2D eigenvalue weighted by Gasteiger charge is -2.20. The number of esters is 1. The molecule has 0 aliphatic heterocycles. The smallest absolute Gasteiger partial charge is 0.325 e. The normalized spacial score (nSPS) is 10.2. The average molecular weight is 253 g/mol. The second kappa shape index (κ2) is 6.83. The Bertz CT molecular complexity index is 411. The number of nitrogens with zero attached hydrogens (tertiary/aromatic N) is 1. The Labute approximate surface area is 107 Å². The molecule has 0 spiro atoms. The third kappa shape index (κ3) is 3.35. The summed E-state index contributed by atoms with van der Waals surface area (Å²) in [5.41, 5.74) is 0.523. The molecule has 0 unspecified atom stereocenters. The Balaban J connectivity index is 2.85. The molecular weight excluding hydrogens is 234 g/mol. The summed E-state index contributed by atoms with van der Waals surface area (Å²) in [4.78, 5) is 25.1. The first-order valence-electron chi connectivity index (χ1n) is 6.06. The number of amides is 1. The molecule has 18 heavy (non-hydrogen) atoms. The van der Waals surface area contributed by atoms with Crippen molar-refractivity contribution in [2.45, 2.75) is 26.7 Å². The Morgan fingerprint density at radius 2 is 2.11 bits per heavy atom. The molecule has 0 saturated carbocycles. The second-order valence-electron chi connectivity index (χ2n) is 3.91. The first-order chi connectivity index (χ1) is 8.63. The number of hydrogen-bond donors (Lipinski definition) is 0. The van der Waals surface area contributed by atoms with Gasteiger partial charge in [0, 0.05) is 13.0 Å². The van der Waals surface area contributed by atoms with E-state index in [0.717, 1.165) is 6.42 Å². The van der Waals surface area contributed by atoms with Crippen LogP contribution in [0, 0.1) is 0 Å². The lowest BCUT2D eigenvalue weighted by molar-refractivity contribution is -0.141. The summed E-state index contributed by atoms with van der Waals surface area (Å²) < 4.78 is 9.83. The van der Waals surface area contributed by atoms with Gasteiger partial charge in [-0.25, -0.2) is 0 Å². The molecule has 0 radical (unpaired) electrons. The van der Waals surface area contributed by atoms with Crippen LogP contribution in [0.1, 0.15) is 36.4 Å². The second-order valence-corrected chi connectivity index (χ2v) is 3.91. The van der Waals surface area contributed by atoms with Gasteiger partial charge in [0.25, 0.3) is 5.91 Å². The van der Waals surface area contributed by atoms with Gasteiger partial charge in [0.15, 0.2) is 0 Å². The van der Waals surface area contributed by atoms with Gasteiger partial charge in [-0.1, -0.05) is 13.8 Å². The fraction of sp³-hybridized carbons (Fsp3) is 0.538.